The molecular formula is C12H11Cl2NO3S2. The molecule has 0 saturated heterocycles. The quantitative estimate of drug-likeness (QED) is 0.883. The fourth-order valence-electron chi connectivity index (χ4n) is 1.74. The molecule has 4 nitrogen and oxygen atoms in total. The smallest absolute Gasteiger partial charge is 0.263 e. The average molecular weight is 352 g/mol. The molecule has 0 saturated carbocycles. The molecule has 0 aliphatic rings. The topological polar surface area (TPSA) is 66.4 Å². The van der Waals surface area contributed by atoms with Crippen LogP contribution in [0, 0.1) is 6.92 Å². The van der Waals surface area contributed by atoms with Gasteiger partial charge in [0.05, 0.1) is 27.2 Å². The van der Waals surface area contributed by atoms with Crippen molar-refractivity contribution < 1.29 is 13.5 Å². The molecule has 2 N–H and O–H groups in total. The molecule has 0 aliphatic heterocycles. The van der Waals surface area contributed by atoms with E-state index in [1.165, 1.54) is 11.3 Å². The summed E-state index contributed by atoms with van der Waals surface area (Å²) < 4.78 is 27.2. The van der Waals surface area contributed by atoms with Crippen LogP contribution in [0.3, 0.4) is 0 Å². The van der Waals surface area contributed by atoms with Crippen LogP contribution in [-0.4, -0.2) is 13.5 Å². The molecule has 0 aliphatic carbocycles. The first-order valence-corrected chi connectivity index (χ1v) is 8.63. The van der Waals surface area contributed by atoms with Crippen LogP contribution in [0.1, 0.15) is 10.4 Å². The van der Waals surface area contributed by atoms with Crippen molar-refractivity contribution in [1.29, 1.82) is 0 Å². The predicted molar refractivity (Wildman–Crippen MR) is 82.2 cm³/mol. The highest BCUT2D eigenvalue weighted by Crippen LogP contribution is 2.34. The van der Waals surface area contributed by atoms with Crippen molar-refractivity contribution >= 4 is 50.2 Å². The van der Waals surface area contributed by atoms with Gasteiger partial charge in [0.25, 0.3) is 10.0 Å². The molecule has 108 valence electrons. The number of hydrogen-bond donors (Lipinski definition) is 2. The van der Waals surface area contributed by atoms with Crippen LogP contribution >= 0.6 is 34.5 Å². The lowest BCUT2D eigenvalue weighted by Crippen LogP contribution is -2.15. The maximum atomic E-state index is 12.4. The Morgan fingerprint density at radius 1 is 1.30 bits per heavy atom. The second kappa shape index (κ2) is 5.91. The zero-order chi connectivity index (χ0) is 14.9. The van der Waals surface area contributed by atoms with Gasteiger partial charge in [-0.1, -0.05) is 29.3 Å². The summed E-state index contributed by atoms with van der Waals surface area (Å²) in [7, 11) is -3.86. The molecule has 0 bridgehead atoms. The predicted octanol–water partition coefficient (Wildman–Crippen LogP) is 3.66. The van der Waals surface area contributed by atoms with E-state index in [1.807, 2.05) is 0 Å². The molecule has 0 unspecified atom stereocenters. The van der Waals surface area contributed by atoms with Crippen LogP contribution < -0.4 is 4.72 Å². The van der Waals surface area contributed by atoms with E-state index >= 15 is 0 Å². The summed E-state index contributed by atoms with van der Waals surface area (Å²) in [5, 5.41) is 11.3. The molecule has 1 aromatic heterocycles. The third-order valence-electron chi connectivity index (χ3n) is 2.60. The molecule has 1 aromatic carbocycles. The largest absolute Gasteiger partial charge is 0.391 e. The molecule has 0 spiro atoms. The first-order valence-electron chi connectivity index (χ1n) is 5.51. The van der Waals surface area contributed by atoms with Gasteiger partial charge in [-0.05, 0) is 30.0 Å². The normalized spacial score (nSPS) is 11.6. The van der Waals surface area contributed by atoms with E-state index in [4.69, 9.17) is 23.2 Å². The number of anilines is 1. The second-order valence-corrected chi connectivity index (χ2v) is 7.43. The Kier molecular flexibility index (Phi) is 4.61. The monoisotopic (exact) mass is 351 g/mol. The summed E-state index contributed by atoms with van der Waals surface area (Å²) in [6.45, 7) is 1.32. The maximum Gasteiger partial charge on any atom is 0.263 e. The lowest BCUT2D eigenvalue weighted by Gasteiger charge is -2.12. The Balaban J connectivity index is 2.49. The van der Waals surface area contributed by atoms with Gasteiger partial charge < -0.3 is 5.11 Å². The summed E-state index contributed by atoms with van der Waals surface area (Å²) >= 11 is 13.1. The van der Waals surface area contributed by atoms with E-state index in [-0.39, 0.29) is 27.2 Å². The number of sulfonamides is 1. The minimum absolute atomic E-state index is 0.0704. The van der Waals surface area contributed by atoms with Crippen LogP contribution in [0.4, 0.5) is 5.69 Å². The van der Waals surface area contributed by atoms with Crippen molar-refractivity contribution in [3.63, 3.8) is 0 Å². The number of benzene rings is 1. The number of nitrogens with one attached hydrogen (secondary N) is 1. The van der Waals surface area contributed by atoms with E-state index in [2.05, 4.69) is 4.72 Å². The Bertz CT molecular complexity index is 721. The van der Waals surface area contributed by atoms with Crippen molar-refractivity contribution in [2.75, 3.05) is 4.72 Å². The minimum atomic E-state index is -3.86. The van der Waals surface area contributed by atoms with Gasteiger partial charge in [0.2, 0.25) is 0 Å². The highest BCUT2D eigenvalue weighted by atomic mass is 35.5. The first kappa shape index (κ1) is 15.6. The summed E-state index contributed by atoms with van der Waals surface area (Å²) in [5.41, 5.74) is 0.694. The first-order chi connectivity index (χ1) is 9.36. The van der Waals surface area contributed by atoms with Gasteiger partial charge >= 0.3 is 0 Å². The van der Waals surface area contributed by atoms with Gasteiger partial charge in [0.15, 0.2) is 0 Å². The van der Waals surface area contributed by atoms with Gasteiger partial charge in [-0.25, -0.2) is 8.42 Å². The Morgan fingerprint density at radius 3 is 2.45 bits per heavy atom. The van der Waals surface area contributed by atoms with E-state index in [9.17, 15) is 13.5 Å². The van der Waals surface area contributed by atoms with Crippen LogP contribution in [-0.2, 0) is 16.6 Å². The van der Waals surface area contributed by atoms with Crippen LogP contribution in [0.25, 0.3) is 0 Å². The SMILES string of the molecule is Cc1csc(CO)c1S(=O)(=O)Nc1c(Cl)cccc1Cl. The van der Waals surface area contributed by atoms with Gasteiger partial charge in [-0.2, -0.15) is 0 Å². The summed E-state index contributed by atoms with van der Waals surface area (Å²) in [4.78, 5) is 0.444. The number of aryl methyl sites for hydroxylation is 1. The lowest BCUT2D eigenvalue weighted by molar-refractivity contribution is 0.282. The molecule has 0 radical (unpaired) electrons. The van der Waals surface area contributed by atoms with Crippen LogP contribution in [0.5, 0.6) is 0 Å². The van der Waals surface area contributed by atoms with Crippen molar-refractivity contribution in [1.82, 2.24) is 0 Å². The van der Waals surface area contributed by atoms with E-state index in [0.717, 1.165) is 0 Å². The van der Waals surface area contributed by atoms with Gasteiger partial charge in [-0.15, -0.1) is 11.3 Å². The van der Waals surface area contributed by atoms with Gasteiger partial charge in [0.1, 0.15) is 4.90 Å². The molecule has 20 heavy (non-hydrogen) atoms. The van der Waals surface area contributed by atoms with E-state index in [1.54, 1.807) is 30.5 Å². The molecule has 0 amide bonds. The molecule has 2 aromatic rings. The highest BCUT2D eigenvalue weighted by Gasteiger charge is 2.24. The van der Waals surface area contributed by atoms with Gasteiger partial charge in [0, 0.05) is 0 Å². The number of halogens is 2. The molecule has 1 heterocycles. The summed E-state index contributed by atoms with van der Waals surface area (Å²) in [5.74, 6) is 0. The molecular weight excluding hydrogens is 341 g/mol. The van der Waals surface area contributed by atoms with Crippen LogP contribution in [0.15, 0.2) is 28.5 Å². The van der Waals surface area contributed by atoms with Crippen molar-refractivity contribution in [2.45, 2.75) is 18.4 Å². The zero-order valence-corrected chi connectivity index (χ0v) is 13.5. The van der Waals surface area contributed by atoms with Crippen molar-refractivity contribution in [3.8, 4) is 0 Å². The number of aliphatic hydroxyl groups is 1. The summed E-state index contributed by atoms with van der Waals surface area (Å²) in [6.07, 6.45) is 0. The van der Waals surface area contributed by atoms with E-state index < -0.39 is 10.0 Å². The second-order valence-electron chi connectivity index (χ2n) is 4.03. The fourth-order valence-corrected chi connectivity index (χ4v) is 5.11. The Labute approximate surface area is 131 Å². The standard InChI is InChI=1S/C12H11Cl2NO3S2/c1-7-6-19-10(5-16)12(7)20(17,18)15-11-8(13)3-2-4-9(11)14/h2-4,6,15-16H,5H2,1H3. The third kappa shape index (κ3) is 2.94. The minimum Gasteiger partial charge on any atom is -0.391 e. The maximum absolute atomic E-state index is 12.4. The zero-order valence-electron chi connectivity index (χ0n) is 10.4. The van der Waals surface area contributed by atoms with Crippen molar-refractivity contribution in [3.05, 3.63) is 44.1 Å². The summed E-state index contributed by atoms with van der Waals surface area (Å²) in [6, 6.07) is 4.70. The number of aliphatic hydroxyl groups excluding tert-OH is 1. The average Bonchev–Trinajstić information content (AvgIpc) is 2.76. The van der Waals surface area contributed by atoms with Crippen LogP contribution in [0.2, 0.25) is 10.0 Å². The molecule has 2 rings (SSSR count). The number of thiophene rings is 1. The molecule has 0 atom stereocenters. The molecule has 0 fully saturated rings. The number of hydrogen-bond acceptors (Lipinski definition) is 4. The Morgan fingerprint density at radius 2 is 1.90 bits per heavy atom. The van der Waals surface area contributed by atoms with Gasteiger partial charge in [-0.3, -0.25) is 4.72 Å². The highest BCUT2D eigenvalue weighted by molar-refractivity contribution is 7.93. The number of para-hydroxylation sites is 1. The molecule has 8 heteroatoms. The lowest BCUT2D eigenvalue weighted by atomic mass is 10.3. The van der Waals surface area contributed by atoms with Crippen molar-refractivity contribution in [2.24, 2.45) is 0 Å². The third-order valence-corrected chi connectivity index (χ3v) is 6.03. The van der Waals surface area contributed by atoms with E-state index in [0.29, 0.717) is 10.4 Å². The fraction of sp³-hybridized carbons (Fsp3) is 0.167. The Hall–Kier alpha value is -0.790. The number of rotatable bonds is 4.